The molecule has 0 heterocycles. The lowest BCUT2D eigenvalue weighted by molar-refractivity contribution is -0.117. The first kappa shape index (κ1) is 16.8. The predicted molar refractivity (Wildman–Crippen MR) is 93.1 cm³/mol. The van der Waals surface area contributed by atoms with Gasteiger partial charge in [0.1, 0.15) is 5.78 Å². The van der Waals surface area contributed by atoms with E-state index in [4.69, 9.17) is 0 Å². The van der Waals surface area contributed by atoms with Crippen LogP contribution in [0.3, 0.4) is 0 Å². The minimum absolute atomic E-state index is 0.0893. The summed E-state index contributed by atoms with van der Waals surface area (Å²) in [6, 6.07) is 18.7. The van der Waals surface area contributed by atoms with Crippen molar-refractivity contribution in [1.29, 1.82) is 0 Å². The number of hydrogen-bond donors (Lipinski definition) is 0. The van der Waals surface area contributed by atoms with Crippen molar-refractivity contribution in [2.24, 2.45) is 4.99 Å². The van der Waals surface area contributed by atoms with Gasteiger partial charge in [-0.1, -0.05) is 60.7 Å². The summed E-state index contributed by atoms with van der Waals surface area (Å²) >= 11 is 0. The maximum Gasteiger partial charge on any atom is 0.170 e. The van der Waals surface area contributed by atoms with E-state index in [1.54, 1.807) is 24.3 Å². The van der Waals surface area contributed by atoms with Crippen LogP contribution in [-0.2, 0) is 4.79 Å². The molecule has 23 heavy (non-hydrogen) atoms. The van der Waals surface area contributed by atoms with E-state index < -0.39 is 0 Å². The highest BCUT2D eigenvalue weighted by Gasteiger charge is 2.15. The van der Waals surface area contributed by atoms with Crippen molar-refractivity contribution in [2.45, 2.75) is 32.7 Å². The fourth-order valence-corrected chi connectivity index (χ4v) is 2.32. The molecule has 0 fully saturated rings. The monoisotopic (exact) mass is 307 g/mol. The predicted octanol–water partition coefficient (Wildman–Crippen LogP) is 4.12. The van der Waals surface area contributed by atoms with Gasteiger partial charge in [-0.25, -0.2) is 0 Å². The van der Waals surface area contributed by atoms with E-state index in [1.807, 2.05) is 50.2 Å². The molecule has 0 bridgehead atoms. The number of aliphatic imine (C=N–C) groups is 1. The first-order valence-corrected chi connectivity index (χ1v) is 7.78. The quantitative estimate of drug-likeness (QED) is 0.439. The summed E-state index contributed by atoms with van der Waals surface area (Å²) in [6.45, 7) is 3.95. The molecule has 2 aromatic rings. The van der Waals surface area contributed by atoms with Crippen LogP contribution >= 0.6 is 0 Å². The van der Waals surface area contributed by atoms with Crippen LogP contribution in [0, 0.1) is 0 Å². The Bertz CT molecular complexity index is 688. The Morgan fingerprint density at radius 2 is 1.35 bits per heavy atom. The van der Waals surface area contributed by atoms with Crippen molar-refractivity contribution in [3.63, 3.8) is 0 Å². The molecule has 118 valence electrons. The van der Waals surface area contributed by atoms with Gasteiger partial charge >= 0.3 is 0 Å². The average Bonchev–Trinajstić information content (AvgIpc) is 2.55. The first-order valence-electron chi connectivity index (χ1n) is 7.78. The molecule has 0 aliphatic rings. The standard InChI is InChI=1S/C20H21NO2/c1-15(2)21-19(16-9-5-3-6-10-16)13-18(22)14-20(23)17-11-7-4-8-12-17/h3-12,15H,13-14H2,1-2H3. The Morgan fingerprint density at radius 3 is 1.87 bits per heavy atom. The van der Waals surface area contributed by atoms with E-state index >= 15 is 0 Å². The van der Waals surface area contributed by atoms with Crippen molar-refractivity contribution < 1.29 is 9.59 Å². The molecule has 3 heteroatoms. The summed E-state index contributed by atoms with van der Waals surface area (Å²) in [4.78, 5) is 29.0. The smallest absolute Gasteiger partial charge is 0.170 e. The lowest BCUT2D eigenvalue weighted by Gasteiger charge is -2.08. The van der Waals surface area contributed by atoms with E-state index in [0.717, 1.165) is 11.3 Å². The third kappa shape index (κ3) is 5.29. The number of Topliss-reactive ketones (excluding diaryl/α,β-unsaturated/α-hetero) is 2. The summed E-state index contributed by atoms with van der Waals surface area (Å²) in [5.41, 5.74) is 2.25. The van der Waals surface area contributed by atoms with Gasteiger partial charge in [0.05, 0.1) is 6.42 Å². The van der Waals surface area contributed by atoms with E-state index in [2.05, 4.69) is 4.99 Å². The maximum absolute atomic E-state index is 12.3. The highest BCUT2D eigenvalue weighted by molar-refractivity contribution is 6.17. The van der Waals surface area contributed by atoms with Gasteiger partial charge in [0.2, 0.25) is 0 Å². The van der Waals surface area contributed by atoms with Crippen LogP contribution in [0.15, 0.2) is 65.7 Å². The summed E-state index contributed by atoms with van der Waals surface area (Å²) < 4.78 is 0. The highest BCUT2D eigenvalue weighted by Crippen LogP contribution is 2.10. The molecule has 2 rings (SSSR count). The molecule has 0 radical (unpaired) electrons. The summed E-state index contributed by atoms with van der Waals surface area (Å²) in [5, 5.41) is 0. The summed E-state index contributed by atoms with van der Waals surface area (Å²) in [6.07, 6.45) is 0.0920. The number of hydrogen-bond acceptors (Lipinski definition) is 3. The molecule has 0 saturated carbocycles. The molecule has 0 amide bonds. The zero-order valence-electron chi connectivity index (χ0n) is 13.5. The molecular weight excluding hydrogens is 286 g/mol. The van der Waals surface area contributed by atoms with E-state index in [1.165, 1.54) is 0 Å². The van der Waals surface area contributed by atoms with E-state index in [-0.39, 0.29) is 30.4 Å². The van der Waals surface area contributed by atoms with Gasteiger partial charge in [-0.15, -0.1) is 0 Å². The number of nitrogens with zero attached hydrogens (tertiary/aromatic N) is 1. The zero-order chi connectivity index (χ0) is 16.7. The third-order valence-electron chi connectivity index (χ3n) is 3.34. The molecule has 3 nitrogen and oxygen atoms in total. The second kappa shape index (κ2) is 8.18. The minimum Gasteiger partial charge on any atom is -0.299 e. The van der Waals surface area contributed by atoms with Crippen LogP contribution in [0.25, 0.3) is 0 Å². The molecule has 2 aromatic carbocycles. The van der Waals surface area contributed by atoms with Crippen LogP contribution in [-0.4, -0.2) is 23.3 Å². The number of benzene rings is 2. The summed E-state index contributed by atoms with van der Waals surface area (Å²) in [7, 11) is 0. The Morgan fingerprint density at radius 1 is 0.826 bits per heavy atom. The minimum atomic E-state index is -0.146. The van der Waals surface area contributed by atoms with E-state index in [0.29, 0.717) is 5.56 Å². The fourth-order valence-electron chi connectivity index (χ4n) is 2.32. The Balaban J connectivity index is 2.08. The molecule has 0 aliphatic carbocycles. The third-order valence-corrected chi connectivity index (χ3v) is 3.34. The molecule has 0 aliphatic heterocycles. The van der Waals surface area contributed by atoms with Crippen LogP contribution in [0.2, 0.25) is 0 Å². The van der Waals surface area contributed by atoms with Crippen molar-refractivity contribution in [3.8, 4) is 0 Å². The number of rotatable bonds is 7. The first-order chi connectivity index (χ1) is 11.1. The summed E-state index contributed by atoms with van der Waals surface area (Å²) in [5.74, 6) is -0.255. The van der Waals surface area contributed by atoms with Crippen molar-refractivity contribution in [2.75, 3.05) is 0 Å². The van der Waals surface area contributed by atoms with Gasteiger partial charge < -0.3 is 0 Å². The van der Waals surface area contributed by atoms with Crippen molar-refractivity contribution >= 4 is 17.3 Å². The fraction of sp³-hybridized carbons (Fsp3) is 0.250. The van der Waals surface area contributed by atoms with Crippen LogP contribution in [0.4, 0.5) is 0 Å². The molecule has 0 saturated heterocycles. The van der Waals surface area contributed by atoms with Crippen LogP contribution in [0.5, 0.6) is 0 Å². The SMILES string of the molecule is CC(C)N=C(CC(=O)CC(=O)c1ccccc1)c1ccccc1. The number of carbonyl (C=O) groups is 2. The molecule has 0 spiro atoms. The molecule has 0 aromatic heterocycles. The topological polar surface area (TPSA) is 46.5 Å². The van der Waals surface area contributed by atoms with Gasteiger partial charge in [0.25, 0.3) is 0 Å². The van der Waals surface area contributed by atoms with Gasteiger partial charge in [0, 0.05) is 23.7 Å². The molecule has 0 unspecified atom stereocenters. The average molecular weight is 307 g/mol. The lowest BCUT2D eigenvalue weighted by atomic mass is 9.99. The Labute approximate surface area is 137 Å². The zero-order valence-corrected chi connectivity index (χ0v) is 13.5. The van der Waals surface area contributed by atoms with Crippen molar-refractivity contribution in [3.05, 3.63) is 71.8 Å². The van der Waals surface area contributed by atoms with E-state index in [9.17, 15) is 9.59 Å². The van der Waals surface area contributed by atoms with Gasteiger partial charge in [-0.2, -0.15) is 0 Å². The van der Waals surface area contributed by atoms with Gasteiger partial charge in [-0.3, -0.25) is 14.6 Å². The number of ketones is 2. The van der Waals surface area contributed by atoms with Crippen molar-refractivity contribution in [1.82, 2.24) is 0 Å². The van der Waals surface area contributed by atoms with Crippen LogP contribution < -0.4 is 0 Å². The Hall–Kier alpha value is -2.55. The maximum atomic E-state index is 12.3. The lowest BCUT2D eigenvalue weighted by Crippen LogP contribution is -2.15. The Kier molecular flexibility index (Phi) is 5.98. The largest absolute Gasteiger partial charge is 0.299 e. The highest BCUT2D eigenvalue weighted by atomic mass is 16.1. The molecule has 0 N–H and O–H groups in total. The molecular formula is C20H21NO2. The second-order valence-corrected chi connectivity index (χ2v) is 5.72. The normalized spacial score (nSPS) is 11.5. The van der Waals surface area contributed by atoms with Gasteiger partial charge in [-0.05, 0) is 19.4 Å². The van der Waals surface area contributed by atoms with Crippen LogP contribution in [0.1, 0.15) is 42.6 Å². The van der Waals surface area contributed by atoms with Gasteiger partial charge in [0.15, 0.2) is 5.78 Å². The number of carbonyl (C=O) groups excluding carboxylic acids is 2. The molecule has 0 atom stereocenters. The second-order valence-electron chi connectivity index (χ2n) is 5.72.